The smallest absolute Gasteiger partial charge is 0.409 e. The Kier molecular flexibility index (Phi) is 5.60. The van der Waals surface area contributed by atoms with E-state index in [2.05, 4.69) is 19.9 Å². The average Bonchev–Trinajstić information content (AvgIpc) is 2.63. The highest BCUT2D eigenvalue weighted by Crippen LogP contribution is 2.40. The Labute approximate surface area is 170 Å². The summed E-state index contributed by atoms with van der Waals surface area (Å²) in [6.07, 6.45) is 3.15. The SMILES string of the molecule is CC(C)(C)c1c(OC(N)=O)ccc(Oc2ncncc2-c2ccnc(Cl)n2)c1F. The zero-order chi connectivity index (χ0) is 21.2. The van der Waals surface area contributed by atoms with Crippen LogP contribution in [-0.4, -0.2) is 26.0 Å². The van der Waals surface area contributed by atoms with Crippen LogP contribution in [0.15, 0.2) is 36.9 Å². The standard InChI is InChI=1S/C19H17ClFN5O3/c1-19(2,3)14-12(29-18(22)27)4-5-13(15(14)21)28-16-10(8-23-9-25-16)11-6-7-24-17(20)26-11/h4-9H,1-3H3,(H2,22,27). The molecular weight excluding hydrogens is 401 g/mol. The van der Waals surface area contributed by atoms with Crippen molar-refractivity contribution in [1.29, 1.82) is 0 Å². The van der Waals surface area contributed by atoms with Crippen molar-refractivity contribution in [2.24, 2.45) is 5.73 Å². The number of primary amides is 1. The minimum atomic E-state index is -1.04. The number of rotatable bonds is 4. The highest BCUT2D eigenvalue weighted by Gasteiger charge is 2.28. The molecule has 10 heteroatoms. The number of hydrogen-bond donors (Lipinski definition) is 1. The lowest BCUT2D eigenvalue weighted by Crippen LogP contribution is -2.21. The molecule has 2 N–H and O–H groups in total. The number of benzene rings is 1. The molecule has 0 atom stereocenters. The molecule has 2 aromatic heterocycles. The summed E-state index contributed by atoms with van der Waals surface area (Å²) in [6.45, 7) is 5.30. The minimum Gasteiger partial charge on any atom is -0.435 e. The first-order chi connectivity index (χ1) is 13.7. The minimum absolute atomic E-state index is 0.0142. The van der Waals surface area contributed by atoms with Gasteiger partial charge in [-0.15, -0.1) is 0 Å². The predicted molar refractivity (Wildman–Crippen MR) is 103 cm³/mol. The van der Waals surface area contributed by atoms with Gasteiger partial charge in [0.1, 0.15) is 12.1 Å². The Morgan fingerprint density at radius 3 is 2.55 bits per heavy atom. The first kappa shape index (κ1) is 20.4. The van der Waals surface area contributed by atoms with Gasteiger partial charge in [0.05, 0.1) is 11.3 Å². The zero-order valence-corrected chi connectivity index (χ0v) is 16.6. The van der Waals surface area contributed by atoms with E-state index in [4.69, 9.17) is 26.8 Å². The average molecular weight is 418 g/mol. The second kappa shape index (κ2) is 7.96. The van der Waals surface area contributed by atoms with Crippen LogP contribution in [-0.2, 0) is 5.41 Å². The van der Waals surface area contributed by atoms with Crippen molar-refractivity contribution in [3.63, 3.8) is 0 Å². The number of carbonyl (C=O) groups is 1. The molecule has 0 spiro atoms. The number of ether oxygens (including phenoxy) is 2. The molecule has 0 saturated carbocycles. The zero-order valence-electron chi connectivity index (χ0n) is 15.8. The second-order valence-corrected chi connectivity index (χ2v) is 7.31. The summed E-state index contributed by atoms with van der Waals surface area (Å²) in [5.41, 5.74) is 5.32. The molecule has 3 rings (SSSR count). The van der Waals surface area contributed by atoms with Crippen LogP contribution in [0.5, 0.6) is 17.4 Å². The van der Waals surface area contributed by atoms with Gasteiger partial charge in [-0.05, 0) is 35.2 Å². The fourth-order valence-corrected chi connectivity index (χ4v) is 2.82. The number of hydrogen-bond acceptors (Lipinski definition) is 7. The summed E-state index contributed by atoms with van der Waals surface area (Å²) in [7, 11) is 0. The van der Waals surface area contributed by atoms with E-state index in [1.54, 1.807) is 26.8 Å². The molecule has 150 valence electrons. The molecule has 0 aliphatic rings. The molecular formula is C19H17ClFN5O3. The van der Waals surface area contributed by atoms with E-state index in [9.17, 15) is 4.79 Å². The van der Waals surface area contributed by atoms with Crippen molar-refractivity contribution in [1.82, 2.24) is 19.9 Å². The van der Waals surface area contributed by atoms with Gasteiger partial charge in [-0.1, -0.05) is 20.8 Å². The maximum atomic E-state index is 15.3. The molecule has 0 aliphatic carbocycles. The number of halogens is 2. The third-order valence-corrected chi connectivity index (χ3v) is 4.00. The largest absolute Gasteiger partial charge is 0.435 e. The molecule has 0 bridgehead atoms. The maximum Gasteiger partial charge on any atom is 0.409 e. The van der Waals surface area contributed by atoms with E-state index < -0.39 is 17.3 Å². The maximum absolute atomic E-state index is 15.3. The van der Waals surface area contributed by atoms with Crippen LogP contribution < -0.4 is 15.2 Å². The number of aromatic nitrogens is 4. The van der Waals surface area contributed by atoms with Crippen LogP contribution in [0.2, 0.25) is 5.28 Å². The summed E-state index contributed by atoms with van der Waals surface area (Å²) < 4.78 is 26.0. The monoisotopic (exact) mass is 417 g/mol. The fraction of sp³-hybridized carbons (Fsp3) is 0.211. The topological polar surface area (TPSA) is 113 Å². The summed E-state index contributed by atoms with van der Waals surface area (Å²) in [4.78, 5) is 27.1. The van der Waals surface area contributed by atoms with Crippen molar-refractivity contribution in [3.05, 3.63) is 53.6 Å². The Bertz CT molecular complexity index is 1070. The number of nitrogens with zero attached hydrogens (tertiary/aromatic N) is 4. The van der Waals surface area contributed by atoms with E-state index in [1.807, 2.05) is 0 Å². The van der Waals surface area contributed by atoms with Crippen LogP contribution in [0, 0.1) is 5.82 Å². The van der Waals surface area contributed by atoms with Crippen LogP contribution in [0.1, 0.15) is 26.3 Å². The normalized spacial score (nSPS) is 11.2. The lowest BCUT2D eigenvalue weighted by atomic mass is 9.85. The Hall–Kier alpha value is -3.33. The van der Waals surface area contributed by atoms with Crippen LogP contribution >= 0.6 is 11.6 Å². The van der Waals surface area contributed by atoms with Gasteiger partial charge in [0, 0.05) is 18.0 Å². The number of amides is 1. The van der Waals surface area contributed by atoms with Crippen LogP contribution in [0.4, 0.5) is 9.18 Å². The number of carbonyl (C=O) groups excluding carboxylic acids is 1. The van der Waals surface area contributed by atoms with Gasteiger partial charge in [0.15, 0.2) is 11.6 Å². The van der Waals surface area contributed by atoms with E-state index in [0.29, 0.717) is 11.3 Å². The number of nitrogens with two attached hydrogens (primary N) is 1. The molecule has 29 heavy (non-hydrogen) atoms. The van der Waals surface area contributed by atoms with Crippen molar-refractivity contribution >= 4 is 17.7 Å². The van der Waals surface area contributed by atoms with Crippen molar-refractivity contribution in [2.45, 2.75) is 26.2 Å². The van der Waals surface area contributed by atoms with Crippen molar-refractivity contribution in [3.8, 4) is 28.6 Å². The quantitative estimate of drug-likeness (QED) is 0.630. The van der Waals surface area contributed by atoms with Gasteiger partial charge in [0.25, 0.3) is 0 Å². The molecule has 0 radical (unpaired) electrons. The molecule has 0 aliphatic heterocycles. The van der Waals surface area contributed by atoms with Crippen LogP contribution in [0.3, 0.4) is 0 Å². The molecule has 3 aromatic rings. The summed E-state index contributed by atoms with van der Waals surface area (Å²) in [5.74, 6) is -0.745. The predicted octanol–water partition coefficient (Wildman–Crippen LogP) is 4.27. The first-order valence-corrected chi connectivity index (χ1v) is 8.81. The van der Waals surface area contributed by atoms with Crippen LogP contribution in [0.25, 0.3) is 11.3 Å². The highest BCUT2D eigenvalue weighted by molar-refractivity contribution is 6.28. The molecule has 8 nitrogen and oxygen atoms in total. The molecule has 0 fully saturated rings. The molecule has 1 aromatic carbocycles. The summed E-state index contributed by atoms with van der Waals surface area (Å²) >= 11 is 5.85. The van der Waals surface area contributed by atoms with Gasteiger partial charge in [-0.3, -0.25) is 0 Å². The Morgan fingerprint density at radius 1 is 1.17 bits per heavy atom. The van der Waals surface area contributed by atoms with E-state index >= 15 is 4.39 Å². The highest BCUT2D eigenvalue weighted by atomic mass is 35.5. The Morgan fingerprint density at radius 2 is 1.90 bits per heavy atom. The van der Waals surface area contributed by atoms with E-state index in [0.717, 1.165) is 0 Å². The third-order valence-electron chi connectivity index (χ3n) is 3.81. The van der Waals surface area contributed by atoms with Crippen molar-refractivity contribution in [2.75, 3.05) is 0 Å². The van der Waals surface area contributed by atoms with Gasteiger partial charge < -0.3 is 15.2 Å². The summed E-state index contributed by atoms with van der Waals surface area (Å²) in [5, 5.41) is 0.0338. The van der Waals surface area contributed by atoms with Gasteiger partial charge in [0.2, 0.25) is 11.2 Å². The second-order valence-electron chi connectivity index (χ2n) is 6.98. The molecule has 1 amide bonds. The Balaban J connectivity index is 2.07. The third kappa shape index (κ3) is 4.57. The fourth-order valence-electron chi connectivity index (χ4n) is 2.67. The van der Waals surface area contributed by atoms with Gasteiger partial charge >= 0.3 is 6.09 Å². The van der Waals surface area contributed by atoms with E-state index in [-0.39, 0.29) is 28.2 Å². The lowest BCUT2D eigenvalue weighted by Gasteiger charge is -2.23. The molecule has 2 heterocycles. The molecule has 0 unspecified atom stereocenters. The van der Waals surface area contributed by atoms with Gasteiger partial charge in [-0.2, -0.15) is 0 Å². The molecule has 0 saturated heterocycles. The summed E-state index contributed by atoms with van der Waals surface area (Å²) in [6, 6.07) is 4.33. The van der Waals surface area contributed by atoms with Gasteiger partial charge in [-0.25, -0.2) is 29.1 Å². The van der Waals surface area contributed by atoms with Crippen molar-refractivity contribution < 1.29 is 18.7 Å². The first-order valence-electron chi connectivity index (χ1n) is 8.44. The lowest BCUT2D eigenvalue weighted by molar-refractivity contribution is 0.209. The van der Waals surface area contributed by atoms with E-state index in [1.165, 1.54) is 30.9 Å².